The lowest BCUT2D eigenvalue weighted by Gasteiger charge is -2.29. The highest BCUT2D eigenvalue weighted by atomic mass is 16.3. The lowest BCUT2D eigenvalue weighted by Crippen LogP contribution is -2.34. The molecule has 0 aliphatic carbocycles. The first kappa shape index (κ1) is 24.0. The van der Waals surface area contributed by atoms with Crippen LogP contribution in [0.2, 0.25) is 0 Å². The third-order valence-electron chi connectivity index (χ3n) is 6.68. The molecule has 4 rings (SSSR count). The minimum atomic E-state index is 0.152. The molecule has 1 heterocycles. The van der Waals surface area contributed by atoms with Gasteiger partial charge < -0.3 is 10.2 Å². The molecular formula is C31H35NO2. The van der Waals surface area contributed by atoms with Gasteiger partial charge in [-0.25, -0.2) is 0 Å². The Morgan fingerprint density at radius 2 is 1.50 bits per heavy atom. The van der Waals surface area contributed by atoms with Gasteiger partial charge in [-0.2, -0.15) is 0 Å². The molecule has 0 bridgehead atoms. The minimum absolute atomic E-state index is 0.152. The van der Waals surface area contributed by atoms with E-state index in [2.05, 4.69) is 73.4 Å². The maximum atomic E-state index is 9.88. The molecule has 0 fully saturated rings. The Morgan fingerprint density at radius 3 is 2.06 bits per heavy atom. The van der Waals surface area contributed by atoms with Crippen LogP contribution < -0.4 is 0 Å². The van der Waals surface area contributed by atoms with Crippen molar-refractivity contribution < 1.29 is 10.2 Å². The van der Waals surface area contributed by atoms with Crippen LogP contribution in [0.15, 0.2) is 84.9 Å². The average molecular weight is 454 g/mol. The van der Waals surface area contributed by atoms with Crippen LogP contribution in [0.5, 0.6) is 5.75 Å². The van der Waals surface area contributed by atoms with Crippen molar-refractivity contribution in [2.75, 3.05) is 19.7 Å². The molecule has 1 aliphatic heterocycles. The number of phenols is 1. The number of allylic oxidation sites excluding steroid dienone is 1. The second-order valence-electron chi connectivity index (χ2n) is 9.24. The number of hydrogen-bond donors (Lipinski definition) is 2. The topological polar surface area (TPSA) is 43.7 Å². The molecule has 2 N–H and O–H groups in total. The molecule has 0 spiro atoms. The number of aliphatic hydroxyl groups is 1. The molecule has 0 aromatic heterocycles. The highest BCUT2D eigenvalue weighted by Crippen LogP contribution is 2.36. The van der Waals surface area contributed by atoms with Crippen molar-refractivity contribution in [1.82, 2.24) is 4.90 Å². The SMILES string of the molecule is CC(C)N1CC=C(c2ccc(C(=C(CCCO)c3ccccc3)c3ccc(O)cc3)cc2)CC1. The van der Waals surface area contributed by atoms with E-state index in [0.717, 1.165) is 48.2 Å². The van der Waals surface area contributed by atoms with Gasteiger partial charge in [-0.05, 0) is 84.2 Å². The first-order chi connectivity index (χ1) is 16.6. The average Bonchev–Trinajstić information content (AvgIpc) is 2.88. The second-order valence-corrected chi connectivity index (χ2v) is 9.24. The first-order valence-corrected chi connectivity index (χ1v) is 12.3. The molecule has 0 atom stereocenters. The molecule has 0 unspecified atom stereocenters. The van der Waals surface area contributed by atoms with Crippen molar-refractivity contribution in [2.45, 2.75) is 39.2 Å². The zero-order chi connectivity index (χ0) is 23.9. The molecule has 3 heteroatoms. The predicted octanol–water partition coefficient (Wildman–Crippen LogP) is 6.62. The summed E-state index contributed by atoms with van der Waals surface area (Å²) in [6, 6.07) is 27.3. The van der Waals surface area contributed by atoms with Crippen molar-refractivity contribution in [3.63, 3.8) is 0 Å². The van der Waals surface area contributed by atoms with Crippen molar-refractivity contribution >= 4 is 16.7 Å². The minimum Gasteiger partial charge on any atom is -0.508 e. The Kier molecular flexibility index (Phi) is 7.99. The molecule has 3 aromatic rings. The maximum Gasteiger partial charge on any atom is 0.115 e. The van der Waals surface area contributed by atoms with E-state index < -0.39 is 0 Å². The van der Waals surface area contributed by atoms with Crippen LogP contribution in [0.25, 0.3) is 16.7 Å². The zero-order valence-electron chi connectivity index (χ0n) is 20.2. The van der Waals surface area contributed by atoms with Crippen LogP contribution in [0.4, 0.5) is 0 Å². The summed E-state index contributed by atoms with van der Waals surface area (Å²) in [5, 5.41) is 19.5. The van der Waals surface area contributed by atoms with E-state index in [1.165, 1.54) is 16.7 Å². The summed E-state index contributed by atoms with van der Waals surface area (Å²) >= 11 is 0. The Morgan fingerprint density at radius 1 is 0.853 bits per heavy atom. The summed E-state index contributed by atoms with van der Waals surface area (Å²) in [7, 11) is 0. The molecule has 0 saturated heterocycles. The quantitative estimate of drug-likeness (QED) is 0.377. The molecule has 0 saturated carbocycles. The fourth-order valence-corrected chi connectivity index (χ4v) is 4.72. The van der Waals surface area contributed by atoms with Crippen molar-refractivity contribution in [3.05, 3.63) is 107 Å². The van der Waals surface area contributed by atoms with E-state index in [4.69, 9.17) is 0 Å². The highest BCUT2D eigenvalue weighted by molar-refractivity contribution is 5.98. The van der Waals surface area contributed by atoms with Gasteiger partial charge in [0, 0.05) is 25.7 Å². The Balaban J connectivity index is 1.76. The number of hydrogen-bond acceptors (Lipinski definition) is 3. The largest absolute Gasteiger partial charge is 0.508 e. The van der Waals surface area contributed by atoms with Gasteiger partial charge in [0.2, 0.25) is 0 Å². The van der Waals surface area contributed by atoms with Gasteiger partial charge in [-0.1, -0.05) is 72.8 Å². The smallest absolute Gasteiger partial charge is 0.115 e. The third-order valence-corrected chi connectivity index (χ3v) is 6.68. The van der Waals surface area contributed by atoms with Crippen molar-refractivity contribution in [2.24, 2.45) is 0 Å². The molecular weight excluding hydrogens is 418 g/mol. The fraction of sp³-hybridized carbons (Fsp3) is 0.290. The number of aliphatic hydroxyl groups excluding tert-OH is 1. The Labute approximate surface area is 203 Å². The van der Waals surface area contributed by atoms with Gasteiger partial charge in [0.25, 0.3) is 0 Å². The van der Waals surface area contributed by atoms with Crippen LogP contribution in [-0.2, 0) is 0 Å². The summed E-state index contributed by atoms with van der Waals surface area (Å²) in [5.74, 6) is 0.259. The zero-order valence-corrected chi connectivity index (χ0v) is 20.2. The van der Waals surface area contributed by atoms with E-state index in [1.807, 2.05) is 18.2 Å². The van der Waals surface area contributed by atoms with Crippen molar-refractivity contribution in [1.29, 1.82) is 0 Å². The lowest BCUT2D eigenvalue weighted by molar-refractivity contribution is 0.245. The Hall–Kier alpha value is -3.14. The number of rotatable bonds is 8. The van der Waals surface area contributed by atoms with Crippen LogP contribution in [0.3, 0.4) is 0 Å². The number of aromatic hydroxyl groups is 1. The molecule has 3 nitrogen and oxygen atoms in total. The van der Waals surface area contributed by atoms with Gasteiger partial charge in [-0.15, -0.1) is 0 Å². The van der Waals surface area contributed by atoms with Crippen LogP contribution in [-0.4, -0.2) is 40.9 Å². The van der Waals surface area contributed by atoms with Crippen molar-refractivity contribution in [3.8, 4) is 5.75 Å². The summed E-state index contributed by atoms with van der Waals surface area (Å²) in [6.07, 6.45) is 4.91. The van der Waals surface area contributed by atoms with E-state index in [9.17, 15) is 10.2 Å². The lowest BCUT2D eigenvalue weighted by atomic mass is 9.86. The van der Waals surface area contributed by atoms with Crippen LogP contribution in [0.1, 0.15) is 55.4 Å². The van der Waals surface area contributed by atoms with Gasteiger partial charge in [0.05, 0.1) is 0 Å². The van der Waals surface area contributed by atoms with Crippen LogP contribution in [0, 0.1) is 0 Å². The Bertz CT molecular complexity index is 1130. The van der Waals surface area contributed by atoms with Gasteiger partial charge in [-0.3, -0.25) is 4.90 Å². The van der Waals surface area contributed by atoms with Gasteiger partial charge >= 0.3 is 0 Å². The normalized spacial score (nSPS) is 15.2. The summed E-state index contributed by atoms with van der Waals surface area (Å²) in [4.78, 5) is 2.50. The molecule has 3 aromatic carbocycles. The number of phenolic OH excluding ortho intramolecular Hbond substituents is 1. The van der Waals surface area contributed by atoms with Gasteiger partial charge in [0.15, 0.2) is 0 Å². The summed E-state index contributed by atoms with van der Waals surface area (Å²) in [6.45, 7) is 6.77. The predicted molar refractivity (Wildman–Crippen MR) is 143 cm³/mol. The molecule has 176 valence electrons. The molecule has 34 heavy (non-hydrogen) atoms. The summed E-state index contributed by atoms with van der Waals surface area (Å²) < 4.78 is 0. The number of benzene rings is 3. The van der Waals surface area contributed by atoms with Gasteiger partial charge in [0.1, 0.15) is 5.75 Å². The number of nitrogens with zero attached hydrogens (tertiary/aromatic N) is 1. The van der Waals surface area contributed by atoms with E-state index in [-0.39, 0.29) is 12.4 Å². The summed E-state index contributed by atoms with van der Waals surface area (Å²) in [5.41, 5.74) is 8.42. The fourth-order valence-electron chi connectivity index (χ4n) is 4.72. The molecule has 0 radical (unpaired) electrons. The monoisotopic (exact) mass is 453 g/mol. The van der Waals surface area contributed by atoms with E-state index >= 15 is 0 Å². The molecule has 0 amide bonds. The molecule has 1 aliphatic rings. The highest BCUT2D eigenvalue weighted by Gasteiger charge is 2.17. The van der Waals surface area contributed by atoms with Crippen LogP contribution >= 0.6 is 0 Å². The second kappa shape index (κ2) is 11.3. The maximum absolute atomic E-state index is 9.88. The van der Waals surface area contributed by atoms with E-state index in [0.29, 0.717) is 12.5 Å². The standard InChI is InChI=1S/C31H35NO2/c1-23(2)32-20-18-25(19-21-32)24-10-12-27(13-11-24)31(28-14-16-29(34)17-15-28)30(9-6-22-33)26-7-4-3-5-8-26/h3-5,7-8,10-18,23,33-34H,6,9,19-22H2,1-2H3. The third kappa shape index (κ3) is 5.67. The van der Waals surface area contributed by atoms with E-state index in [1.54, 1.807) is 12.1 Å². The first-order valence-electron chi connectivity index (χ1n) is 12.3.